The van der Waals surface area contributed by atoms with E-state index in [9.17, 15) is 26.3 Å². The maximum absolute atomic E-state index is 12.9. The molecule has 0 fully saturated rings. The summed E-state index contributed by atoms with van der Waals surface area (Å²) in [5.74, 6) is 0. The van der Waals surface area contributed by atoms with Crippen LogP contribution in [0.4, 0.5) is 26.3 Å². The molecule has 0 aliphatic heterocycles. The normalized spacial score (nSPS) is 13.0. The Hall–Kier alpha value is -2.24. The zero-order valence-corrected chi connectivity index (χ0v) is 10.9. The van der Waals surface area contributed by atoms with Gasteiger partial charge in [0, 0.05) is 0 Å². The summed E-state index contributed by atoms with van der Waals surface area (Å²) >= 11 is 0. The van der Waals surface area contributed by atoms with Gasteiger partial charge in [0.2, 0.25) is 0 Å². The molecule has 0 amide bonds. The van der Waals surface area contributed by atoms with E-state index in [0.29, 0.717) is 22.9 Å². The molecule has 114 valence electrons. The lowest BCUT2D eigenvalue weighted by Crippen LogP contribution is -2.16. The smallest absolute Gasteiger partial charge is 0.166 e. The third kappa shape index (κ3) is 2.49. The Bertz CT molecular complexity index is 786. The van der Waals surface area contributed by atoms with Crippen LogP contribution < -0.4 is 0 Å². The highest BCUT2D eigenvalue weighted by Gasteiger charge is 2.43. The van der Waals surface area contributed by atoms with Gasteiger partial charge in [-0.05, 0) is 45.8 Å². The average molecular weight is 314 g/mol. The summed E-state index contributed by atoms with van der Waals surface area (Å²) < 4.78 is 77.5. The van der Waals surface area contributed by atoms with E-state index in [1.54, 1.807) is 24.3 Å². The molecule has 0 saturated carbocycles. The Kier molecular flexibility index (Phi) is 3.09. The van der Waals surface area contributed by atoms with Gasteiger partial charge in [-0.15, -0.1) is 0 Å². The molecule has 0 aliphatic carbocycles. The lowest BCUT2D eigenvalue weighted by atomic mass is 9.97. The first kappa shape index (κ1) is 14.7. The highest BCUT2D eigenvalue weighted by atomic mass is 19.4. The molecule has 0 atom stereocenters. The molecular weight excluding hydrogens is 306 g/mol. The van der Waals surface area contributed by atoms with Crippen LogP contribution >= 0.6 is 0 Å². The summed E-state index contributed by atoms with van der Waals surface area (Å²) in [6.07, 6.45) is -10.1. The molecule has 0 aromatic heterocycles. The molecule has 0 spiro atoms. The second-order valence-corrected chi connectivity index (χ2v) is 4.94. The summed E-state index contributed by atoms with van der Waals surface area (Å²) in [5.41, 5.74) is -3.33. The molecule has 3 rings (SSSR count). The quantitative estimate of drug-likeness (QED) is 0.351. The molecule has 0 nitrogen and oxygen atoms in total. The van der Waals surface area contributed by atoms with Crippen LogP contribution in [0.5, 0.6) is 0 Å². The van der Waals surface area contributed by atoms with E-state index < -0.39 is 23.5 Å². The van der Waals surface area contributed by atoms with Crippen molar-refractivity contribution in [2.75, 3.05) is 0 Å². The molecule has 3 aromatic rings. The summed E-state index contributed by atoms with van der Waals surface area (Å²) in [5, 5.41) is 1.59. The van der Waals surface area contributed by atoms with Gasteiger partial charge in [-0.2, -0.15) is 26.3 Å². The highest BCUT2D eigenvalue weighted by Crippen LogP contribution is 2.42. The van der Waals surface area contributed by atoms with Gasteiger partial charge in [-0.1, -0.05) is 24.3 Å². The Labute approximate surface area is 121 Å². The van der Waals surface area contributed by atoms with Crippen molar-refractivity contribution in [2.45, 2.75) is 12.4 Å². The first-order valence-electron chi connectivity index (χ1n) is 6.27. The Morgan fingerprint density at radius 3 is 1.18 bits per heavy atom. The molecule has 0 heterocycles. The maximum Gasteiger partial charge on any atom is 0.417 e. The maximum atomic E-state index is 12.9. The van der Waals surface area contributed by atoms with E-state index in [1.807, 2.05) is 0 Å². The van der Waals surface area contributed by atoms with Gasteiger partial charge in [0.05, 0.1) is 11.1 Å². The predicted molar refractivity (Wildman–Crippen MR) is 71.5 cm³/mol. The van der Waals surface area contributed by atoms with Crippen molar-refractivity contribution < 1.29 is 26.3 Å². The van der Waals surface area contributed by atoms with Gasteiger partial charge in [-0.3, -0.25) is 0 Å². The fourth-order valence-corrected chi connectivity index (χ4v) is 2.46. The van der Waals surface area contributed by atoms with E-state index in [-0.39, 0.29) is 10.8 Å². The van der Waals surface area contributed by atoms with E-state index in [4.69, 9.17) is 0 Å². The Morgan fingerprint density at radius 2 is 0.864 bits per heavy atom. The van der Waals surface area contributed by atoms with Crippen LogP contribution in [0, 0.1) is 0 Å². The number of alkyl halides is 6. The molecule has 0 unspecified atom stereocenters. The van der Waals surface area contributed by atoms with Gasteiger partial charge >= 0.3 is 12.4 Å². The van der Waals surface area contributed by atoms with Crippen molar-refractivity contribution >= 4 is 21.5 Å². The molecule has 0 radical (unpaired) electrons. The van der Waals surface area contributed by atoms with Crippen LogP contribution in [0.1, 0.15) is 11.1 Å². The summed E-state index contributed by atoms with van der Waals surface area (Å²) in [4.78, 5) is 0. The van der Waals surface area contributed by atoms with Crippen molar-refractivity contribution in [1.29, 1.82) is 0 Å². The summed E-state index contributed by atoms with van der Waals surface area (Å²) in [6.45, 7) is 0. The molecule has 3 aromatic carbocycles. The van der Waals surface area contributed by atoms with Crippen molar-refractivity contribution in [3.05, 3.63) is 59.7 Å². The van der Waals surface area contributed by atoms with Crippen LogP contribution in [-0.2, 0) is 12.4 Å². The number of hydrogen-bond donors (Lipinski definition) is 0. The van der Waals surface area contributed by atoms with Crippen LogP contribution in [0.2, 0.25) is 0 Å². The molecule has 0 aliphatic rings. The van der Waals surface area contributed by atoms with E-state index >= 15 is 0 Å². The largest absolute Gasteiger partial charge is 0.417 e. The number of benzene rings is 3. The third-order valence-electron chi connectivity index (χ3n) is 3.45. The first-order chi connectivity index (χ1) is 10.2. The van der Waals surface area contributed by atoms with Crippen molar-refractivity contribution in [1.82, 2.24) is 0 Å². The monoisotopic (exact) mass is 314 g/mol. The molecule has 22 heavy (non-hydrogen) atoms. The lowest BCUT2D eigenvalue weighted by Gasteiger charge is -2.17. The van der Waals surface area contributed by atoms with E-state index in [2.05, 4.69) is 0 Å². The first-order valence-corrected chi connectivity index (χ1v) is 6.27. The zero-order chi connectivity index (χ0) is 16.1. The van der Waals surface area contributed by atoms with Crippen molar-refractivity contribution in [3.8, 4) is 0 Å². The summed E-state index contributed by atoms with van der Waals surface area (Å²) in [6, 6.07) is 10.8. The Balaban J connectivity index is 2.40. The minimum atomic E-state index is -5.06. The van der Waals surface area contributed by atoms with Gasteiger partial charge in [0.15, 0.2) is 0 Å². The predicted octanol–water partition coefficient (Wildman–Crippen LogP) is 6.03. The minimum absolute atomic E-state index is 0.124. The Morgan fingerprint density at radius 1 is 0.500 bits per heavy atom. The fourth-order valence-electron chi connectivity index (χ4n) is 2.46. The second-order valence-electron chi connectivity index (χ2n) is 4.94. The van der Waals surface area contributed by atoms with Gasteiger partial charge in [0.1, 0.15) is 0 Å². The van der Waals surface area contributed by atoms with Gasteiger partial charge in [0.25, 0.3) is 0 Å². The number of halogens is 6. The minimum Gasteiger partial charge on any atom is -0.166 e. The standard InChI is InChI=1S/C16H8F6/c17-15(18,19)13-7-11-5-9-3-1-2-4-10(9)6-12(11)8-14(13)16(20,21)22/h1-8H. The number of fused-ring (bicyclic) bond motifs is 2. The molecule has 0 bridgehead atoms. The van der Waals surface area contributed by atoms with Crippen molar-refractivity contribution in [3.63, 3.8) is 0 Å². The second kappa shape index (κ2) is 4.63. The molecule has 6 heteroatoms. The van der Waals surface area contributed by atoms with E-state index in [1.165, 1.54) is 12.1 Å². The van der Waals surface area contributed by atoms with Crippen molar-refractivity contribution in [2.24, 2.45) is 0 Å². The van der Waals surface area contributed by atoms with Gasteiger partial charge in [-0.25, -0.2) is 0 Å². The topological polar surface area (TPSA) is 0 Å². The lowest BCUT2D eigenvalue weighted by molar-refractivity contribution is -0.161. The highest BCUT2D eigenvalue weighted by molar-refractivity contribution is 5.98. The molecular formula is C16H8F6. The van der Waals surface area contributed by atoms with Crippen LogP contribution in [0.25, 0.3) is 21.5 Å². The van der Waals surface area contributed by atoms with Crippen LogP contribution in [-0.4, -0.2) is 0 Å². The van der Waals surface area contributed by atoms with Crippen LogP contribution in [0.3, 0.4) is 0 Å². The zero-order valence-electron chi connectivity index (χ0n) is 10.9. The average Bonchev–Trinajstić information content (AvgIpc) is 2.41. The van der Waals surface area contributed by atoms with E-state index in [0.717, 1.165) is 0 Å². The van der Waals surface area contributed by atoms with Gasteiger partial charge < -0.3 is 0 Å². The third-order valence-corrected chi connectivity index (χ3v) is 3.45. The van der Waals surface area contributed by atoms with Crippen LogP contribution in [0.15, 0.2) is 48.5 Å². The molecule has 0 N–H and O–H groups in total. The fraction of sp³-hybridized carbons (Fsp3) is 0.125. The molecule has 0 saturated heterocycles. The number of hydrogen-bond acceptors (Lipinski definition) is 0. The summed E-state index contributed by atoms with van der Waals surface area (Å²) in [7, 11) is 0. The SMILES string of the molecule is FC(F)(F)c1cc2cc3ccccc3cc2cc1C(F)(F)F. The number of rotatable bonds is 0.